The first-order valence-corrected chi connectivity index (χ1v) is 10.8. The predicted octanol–water partition coefficient (Wildman–Crippen LogP) is 4.80. The quantitative estimate of drug-likeness (QED) is 0.699. The second kappa shape index (κ2) is 6.89. The zero-order valence-electron chi connectivity index (χ0n) is 18.6. The average Bonchev–Trinajstić information content (AvgIpc) is 3.21. The van der Waals surface area contributed by atoms with E-state index in [1.165, 1.54) is 23.4 Å². The molecule has 2 aromatic heterocycles. The van der Waals surface area contributed by atoms with Crippen LogP contribution in [0.25, 0.3) is 17.5 Å². The Morgan fingerprint density at radius 2 is 1.97 bits per heavy atom. The molecular weight excluding hydrogens is 360 g/mol. The smallest absolute Gasteiger partial charge is 0.247 e. The number of hydrogen-bond donors (Lipinski definition) is 3. The van der Waals surface area contributed by atoms with Gasteiger partial charge in [-0.25, -0.2) is 0 Å². The van der Waals surface area contributed by atoms with Gasteiger partial charge in [-0.15, -0.1) is 0 Å². The van der Waals surface area contributed by atoms with E-state index in [9.17, 15) is 4.79 Å². The van der Waals surface area contributed by atoms with Crippen molar-refractivity contribution in [3.63, 3.8) is 0 Å². The van der Waals surface area contributed by atoms with Crippen LogP contribution >= 0.6 is 0 Å². The first kappa shape index (κ1) is 20.0. The molecule has 4 rings (SSSR count). The van der Waals surface area contributed by atoms with Crippen molar-refractivity contribution in [2.24, 2.45) is 10.8 Å². The Morgan fingerprint density at radius 1 is 1.21 bits per heavy atom. The van der Waals surface area contributed by atoms with Crippen LogP contribution in [-0.4, -0.2) is 27.1 Å². The van der Waals surface area contributed by atoms with Gasteiger partial charge in [0.1, 0.15) is 5.69 Å². The molecule has 0 aromatic carbocycles. The SMILES string of the molecule is CC(NC(=O)C1=Cc2cc(-c3n[nH]c4c3CCC(C)(C)C4)[nH]c2CC1)C(C)(C)C. The van der Waals surface area contributed by atoms with Gasteiger partial charge in [-0.1, -0.05) is 34.6 Å². The van der Waals surface area contributed by atoms with E-state index in [1.54, 1.807) is 0 Å². The third-order valence-electron chi connectivity index (χ3n) is 6.76. The summed E-state index contributed by atoms with van der Waals surface area (Å²) >= 11 is 0. The molecule has 1 amide bonds. The molecule has 156 valence electrons. The first-order chi connectivity index (χ1) is 13.5. The summed E-state index contributed by atoms with van der Waals surface area (Å²) in [5.74, 6) is 0.0557. The predicted molar refractivity (Wildman–Crippen MR) is 118 cm³/mol. The van der Waals surface area contributed by atoms with Crippen LogP contribution < -0.4 is 5.32 Å². The Morgan fingerprint density at radius 3 is 2.69 bits per heavy atom. The number of carbonyl (C=O) groups is 1. The summed E-state index contributed by atoms with van der Waals surface area (Å²) in [6.45, 7) is 13.2. The van der Waals surface area contributed by atoms with E-state index in [2.05, 4.69) is 68.1 Å². The highest BCUT2D eigenvalue weighted by molar-refractivity contribution is 5.99. The number of rotatable bonds is 3. The minimum Gasteiger partial charge on any atom is -0.357 e. The van der Waals surface area contributed by atoms with Crippen molar-refractivity contribution in [3.05, 3.63) is 34.2 Å². The van der Waals surface area contributed by atoms with Gasteiger partial charge in [0.25, 0.3) is 0 Å². The van der Waals surface area contributed by atoms with Crippen LogP contribution in [0.1, 0.15) is 76.9 Å². The zero-order valence-corrected chi connectivity index (χ0v) is 18.6. The molecule has 0 saturated heterocycles. The zero-order chi connectivity index (χ0) is 21.0. The van der Waals surface area contributed by atoms with Crippen molar-refractivity contribution in [2.75, 3.05) is 0 Å². The first-order valence-electron chi connectivity index (χ1n) is 10.8. The fourth-order valence-corrected chi connectivity index (χ4v) is 4.25. The Kier molecular flexibility index (Phi) is 4.75. The fraction of sp³-hybridized carbons (Fsp3) is 0.583. The molecule has 2 aromatic rings. The van der Waals surface area contributed by atoms with Gasteiger partial charge in [0, 0.05) is 28.6 Å². The second-order valence-electron chi connectivity index (χ2n) is 10.7. The molecule has 1 atom stereocenters. The standard InChI is InChI=1S/C24H34N4O/c1-14(23(2,3)4)25-22(29)15-7-8-18-16(11-15)12-19(26-18)21-17-9-10-24(5,6)13-20(17)27-28-21/h11-12,14,26H,7-10,13H2,1-6H3,(H,25,29)(H,27,28). The fourth-order valence-electron chi connectivity index (χ4n) is 4.25. The number of aryl methyl sites for hydroxylation is 1. The summed E-state index contributed by atoms with van der Waals surface area (Å²) in [5.41, 5.74) is 8.30. The highest BCUT2D eigenvalue weighted by Crippen LogP contribution is 2.38. The van der Waals surface area contributed by atoms with Crippen LogP contribution in [0.5, 0.6) is 0 Å². The largest absolute Gasteiger partial charge is 0.357 e. The molecule has 1 unspecified atom stereocenters. The molecule has 2 aliphatic carbocycles. The molecule has 5 nitrogen and oxygen atoms in total. The molecule has 0 aliphatic heterocycles. The van der Waals surface area contributed by atoms with E-state index in [1.807, 2.05) is 6.08 Å². The Bertz CT molecular complexity index is 968. The van der Waals surface area contributed by atoms with E-state index in [0.717, 1.165) is 48.2 Å². The van der Waals surface area contributed by atoms with Gasteiger partial charge in [-0.3, -0.25) is 9.89 Å². The van der Waals surface area contributed by atoms with E-state index in [4.69, 9.17) is 0 Å². The molecule has 0 bridgehead atoms. The lowest BCUT2D eigenvalue weighted by atomic mass is 9.76. The van der Waals surface area contributed by atoms with E-state index in [-0.39, 0.29) is 17.4 Å². The number of amides is 1. The summed E-state index contributed by atoms with van der Waals surface area (Å²) in [4.78, 5) is 16.3. The highest BCUT2D eigenvalue weighted by atomic mass is 16.1. The molecule has 0 spiro atoms. The molecule has 0 fully saturated rings. The van der Waals surface area contributed by atoms with Gasteiger partial charge in [0.15, 0.2) is 0 Å². The third-order valence-corrected chi connectivity index (χ3v) is 6.76. The number of carbonyl (C=O) groups excluding carboxylic acids is 1. The van der Waals surface area contributed by atoms with Gasteiger partial charge in [-0.05, 0) is 67.6 Å². The molecule has 5 heteroatoms. The lowest BCUT2D eigenvalue weighted by Gasteiger charge is -2.29. The molecular formula is C24H34N4O. The second-order valence-corrected chi connectivity index (χ2v) is 10.7. The molecule has 2 heterocycles. The number of hydrogen-bond acceptors (Lipinski definition) is 2. The Labute approximate surface area is 173 Å². The monoisotopic (exact) mass is 394 g/mol. The van der Waals surface area contributed by atoms with E-state index < -0.39 is 0 Å². The van der Waals surface area contributed by atoms with Crippen molar-refractivity contribution in [3.8, 4) is 11.4 Å². The average molecular weight is 395 g/mol. The maximum absolute atomic E-state index is 12.7. The number of nitrogens with one attached hydrogen (secondary N) is 3. The number of H-pyrrole nitrogens is 2. The van der Waals surface area contributed by atoms with Crippen LogP contribution in [0.15, 0.2) is 11.6 Å². The van der Waals surface area contributed by atoms with Crippen LogP contribution in [0.3, 0.4) is 0 Å². The number of fused-ring (bicyclic) bond motifs is 2. The Balaban J connectivity index is 1.57. The third kappa shape index (κ3) is 3.92. The summed E-state index contributed by atoms with van der Waals surface area (Å²) < 4.78 is 0. The maximum Gasteiger partial charge on any atom is 0.247 e. The van der Waals surface area contributed by atoms with Gasteiger partial charge in [-0.2, -0.15) is 5.10 Å². The highest BCUT2D eigenvalue weighted by Gasteiger charge is 2.30. The molecule has 3 N–H and O–H groups in total. The van der Waals surface area contributed by atoms with E-state index >= 15 is 0 Å². The van der Waals surface area contributed by atoms with Gasteiger partial charge in [0.2, 0.25) is 5.91 Å². The topological polar surface area (TPSA) is 73.6 Å². The van der Waals surface area contributed by atoms with Crippen molar-refractivity contribution < 1.29 is 4.79 Å². The van der Waals surface area contributed by atoms with Crippen LogP contribution in [0.2, 0.25) is 0 Å². The minimum atomic E-state index is 0.0465. The molecule has 0 radical (unpaired) electrons. The van der Waals surface area contributed by atoms with Crippen molar-refractivity contribution in [1.82, 2.24) is 20.5 Å². The van der Waals surface area contributed by atoms with Gasteiger partial charge < -0.3 is 10.3 Å². The molecule has 29 heavy (non-hydrogen) atoms. The summed E-state index contributed by atoms with van der Waals surface area (Å²) in [6, 6.07) is 2.28. The lowest BCUT2D eigenvalue weighted by molar-refractivity contribution is -0.118. The number of aromatic nitrogens is 3. The summed E-state index contributed by atoms with van der Waals surface area (Å²) in [5, 5.41) is 11.1. The van der Waals surface area contributed by atoms with Crippen molar-refractivity contribution in [1.29, 1.82) is 0 Å². The lowest BCUT2D eigenvalue weighted by Crippen LogP contribution is -2.42. The normalized spacial score (nSPS) is 19.2. The van der Waals surface area contributed by atoms with Crippen molar-refractivity contribution >= 4 is 12.0 Å². The van der Waals surface area contributed by atoms with Crippen LogP contribution in [0.4, 0.5) is 0 Å². The van der Waals surface area contributed by atoms with Gasteiger partial charge in [0.05, 0.1) is 5.69 Å². The maximum atomic E-state index is 12.7. The summed E-state index contributed by atoms with van der Waals surface area (Å²) in [7, 11) is 0. The minimum absolute atomic E-state index is 0.0465. The van der Waals surface area contributed by atoms with Crippen LogP contribution in [-0.2, 0) is 24.1 Å². The summed E-state index contributed by atoms with van der Waals surface area (Å²) in [6.07, 6.45) is 6.97. The van der Waals surface area contributed by atoms with Crippen LogP contribution in [0, 0.1) is 10.8 Å². The molecule has 2 aliphatic rings. The number of aromatic amines is 2. The number of nitrogens with zero attached hydrogens (tertiary/aromatic N) is 1. The Hall–Kier alpha value is -2.30. The van der Waals surface area contributed by atoms with Crippen molar-refractivity contribution in [2.45, 2.75) is 79.7 Å². The molecule has 0 saturated carbocycles. The van der Waals surface area contributed by atoms with E-state index in [0.29, 0.717) is 5.41 Å². The van der Waals surface area contributed by atoms with Gasteiger partial charge >= 0.3 is 0 Å².